The quantitative estimate of drug-likeness (QED) is 0.309. The molecule has 3 heterocycles. The van der Waals surface area contributed by atoms with E-state index in [2.05, 4.69) is 54.5 Å². The maximum Gasteiger partial charge on any atom is 0.254 e. The number of ether oxygens (including phenoxy) is 1. The average molecular weight is 483 g/mol. The lowest BCUT2D eigenvalue weighted by atomic mass is 10.0. The number of aromatic nitrogens is 1. The Bertz CT molecular complexity index is 1520. The van der Waals surface area contributed by atoms with Crippen LogP contribution in [0, 0.1) is 31.6 Å². The van der Waals surface area contributed by atoms with Crippen LogP contribution < -0.4 is 4.74 Å². The fourth-order valence-electron chi connectivity index (χ4n) is 6.89. The molecule has 1 aliphatic heterocycles. The zero-order valence-corrected chi connectivity index (χ0v) is 21.6. The third kappa shape index (κ3) is 3.24. The van der Waals surface area contributed by atoms with Crippen molar-refractivity contribution in [2.45, 2.75) is 59.0 Å². The minimum absolute atomic E-state index is 0.100. The van der Waals surface area contributed by atoms with E-state index in [1.807, 2.05) is 12.1 Å². The van der Waals surface area contributed by atoms with Crippen LogP contribution in [0.2, 0.25) is 0 Å². The standard InChI is InChI=1S/C31H34N2O3/c1-17-5-8-21-12-26(32(25(21)11-17)15-20-6-7-20)30-19(3)29-27(35-4)13-23(14-28(29)36-30)31(34)33-16-22-9-10-24(33)18(22)2/h5,8,11-14,18,20,22,24H,6-7,9-10,15-16H2,1-4H3. The van der Waals surface area contributed by atoms with E-state index < -0.39 is 0 Å². The van der Waals surface area contributed by atoms with Gasteiger partial charge < -0.3 is 18.6 Å². The third-order valence-corrected chi connectivity index (χ3v) is 9.17. The van der Waals surface area contributed by atoms with E-state index in [0.29, 0.717) is 29.2 Å². The Morgan fingerprint density at radius 2 is 1.92 bits per heavy atom. The number of benzene rings is 2. The Labute approximate surface area is 212 Å². The van der Waals surface area contributed by atoms with Gasteiger partial charge in [-0.2, -0.15) is 0 Å². The minimum Gasteiger partial charge on any atom is -0.496 e. The molecule has 0 spiro atoms. The summed E-state index contributed by atoms with van der Waals surface area (Å²) < 4.78 is 14.9. The molecule has 2 saturated carbocycles. The second kappa shape index (κ2) is 7.89. The molecule has 2 bridgehead atoms. The summed E-state index contributed by atoms with van der Waals surface area (Å²) >= 11 is 0. The number of aryl methyl sites for hydroxylation is 2. The lowest BCUT2D eigenvalue weighted by molar-refractivity contribution is 0.0695. The van der Waals surface area contributed by atoms with Gasteiger partial charge in [0, 0.05) is 41.2 Å². The molecule has 1 saturated heterocycles. The van der Waals surface area contributed by atoms with Crippen molar-refractivity contribution in [3.05, 3.63) is 53.1 Å². The lowest BCUT2D eigenvalue weighted by Gasteiger charge is -2.27. The van der Waals surface area contributed by atoms with Crippen molar-refractivity contribution in [3.63, 3.8) is 0 Å². The Morgan fingerprint density at radius 1 is 1.08 bits per heavy atom. The minimum atomic E-state index is 0.100. The van der Waals surface area contributed by atoms with Gasteiger partial charge in [0.2, 0.25) is 0 Å². The fourth-order valence-corrected chi connectivity index (χ4v) is 6.89. The smallest absolute Gasteiger partial charge is 0.254 e. The number of nitrogens with zero attached hydrogens (tertiary/aromatic N) is 2. The Balaban J connectivity index is 1.35. The van der Waals surface area contributed by atoms with Gasteiger partial charge in [-0.05, 0) is 87.1 Å². The molecule has 1 amide bonds. The average Bonchev–Trinajstić information content (AvgIpc) is 3.29. The second-order valence-electron chi connectivity index (χ2n) is 11.5. The van der Waals surface area contributed by atoms with Crippen molar-refractivity contribution < 1.29 is 13.9 Å². The first-order valence-corrected chi connectivity index (χ1v) is 13.4. The summed E-state index contributed by atoms with van der Waals surface area (Å²) in [6, 6.07) is 13.1. The van der Waals surface area contributed by atoms with Gasteiger partial charge in [-0.25, -0.2) is 0 Å². The molecule has 36 heavy (non-hydrogen) atoms. The van der Waals surface area contributed by atoms with E-state index in [4.69, 9.17) is 9.15 Å². The molecule has 2 aromatic carbocycles. The summed E-state index contributed by atoms with van der Waals surface area (Å²) in [5.41, 5.74) is 6.08. The van der Waals surface area contributed by atoms with E-state index in [0.717, 1.165) is 53.4 Å². The number of furan rings is 1. The van der Waals surface area contributed by atoms with Crippen molar-refractivity contribution >= 4 is 27.8 Å². The van der Waals surface area contributed by atoms with E-state index in [1.54, 1.807) is 7.11 Å². The maximum absolute atomic E-state index is 13.6. The van der Waals surface area contributed by atoms with E-state index in [-0.39, 0.29) is 5.91 Å². The van der Waals surface area contributed by atoms with Crippen LogP contribution in [0.1, 0.15) is 54.1 Å². The van der Waals surface area contributed by atoms with Crippen LogP contribution in [0.15, 0.2) is 40.8 Å². The topological polar surface area (TPSA) is 47.6 Å². The number of carbonyl (C=O) groups is 1. The van der Waals surface area contributed by atoms with Crippen molar-refractivity contribution in [2.24, 2.45) is 17.8 Å². The van der Waals surface area contributed by atoms with Crippen LogP contribution >= 0.6 is 0 Å². The number of rotatable bonds is 5. The van der Waals surface area contributed by atoms with Crippen molar-refractivity contribution in [3.8, 4) is 17.2 Å². The van der Waals surface area contributed by atoms with Gasteiger partial charge >= 0.3 is 0 Å². The highest BCUT2D eigenvalue weighted by Gasteiger charge is 2.46. The molecule has 5 heteroatoms. The van der Waals surface area contributed by atoms with Crippen molar-refractivity contribution in [2.75, 3.05) is 13.7 Å². The predicted molar refractivity (Wildman–Crippen MR) is 143 cm³/mol. The van der Waals surface area contributed by atoms with Gasteiger partial charge in [-0.1, -0.05) is 19.1 Å². The summed E-state index contributed by atoms with van der Waals surface area (Å²) in [6.07, 6.45) is 4.94. The molecule has 5 nitrogen and oxygen atoms in total. The second-order valence-corrected chi connectivity index (χ2v) is 11.5. The summed E-state index contributed by atoms with van der Waals surface area (Å²) in [6.45, 7) is 8.43. The zero-order chi connectivity index (χ0) is 24.7. The first-order chi connectivity index (χ1) is 17.4. The molecule has 3 unspecified atom stereocenters. The van der Waals surface area contributed by atoms with Gasteiger partial charge in [0.1, 0.15) is 11.3 Å². The monoisotopic (exact) mass is 482 g/mol. The number of amides is 1. The molecule has 2 aromatic heterocycles. The largest absolute Gasteiger partial charge is 0.496 e. The molecule has 2 aliphatic carbocycles. The Kier molecular flexibility index (Phi) is 4.83. The zero-order valence-electron chi connectivity index (χ0n) is 21.6. The summed E-state index contributed by atoms with van der Waals surface area (Å²) in [4.78, 5) is 15.7. The van der Waals surface area contributed by atoms with Crippen LogP contribution in [0.25, 0.3) is 33.3 Å². The molecule has 7 rings (SSSR count). The fraction of sp³-hybridized carbons (Fsp3) is 0.452. The third-order valence-electron chi connectivity index (χ3n) is 9.17. The SMILES string of the molecule is COc1cc(C(=O)N2CC3CCC2C3C)cc2oc(-c3cc4ccc(C)cc4n3CC3CC3)c(C)c12. The van der Waals surface area contributed by atoms with Crippen LogP contribution in [-0.4, -0.2) is 35.1 Å². The van der Waals surface area contributed by atoms with Gasteiger partial charge in [0.15, 0.2) is 5.76 Å². The van der Waals surface area contributed by atoms with Gasteiger partial charge in [-0.3, -0.25) is 4.79 Å². The first-order valence-electron chi connectivity index (χ1n) is 13.4. The molecular formula is C31H34N2O3. The molecule has 0 N–H and O–H groups in total. The predicted octanol–water partition coefficient (Wildman–Crippen LogP) is 6.96. The molecule has 4 aromatic rings. The lowest BCUT2D eigenvalue weighted by Crippen LogP contribution is -2.38. The highest BCUT2D eigenvalue weighted by Crippen LogP contribution is 2.45. The number of hydrogen-bond acceptors (Lipinski definition) is 3. The van der Waals surface area contributed by atoms with Crippen LogP contribution in [-0.2, 0) is 6.54 Å². The molecule has 186 valence electrons. The Hall–Kier alpha value is -3.21. The van der Waals surface area contributed by atoms with Gasteiger partial charge in [0.25, 0.3) is 5.91 Å². The summed E-state index contributed by atoms with van der Waals surface area (Å²) in [7, 11) is 1.68. The van der Waals surface area contributed by atoms with Crippen molar-refractivity contribution in [1.29, 1.82) is 0 Å². The first kappa shape index (κ1) is 22.0. The van der Waals surface area contributed by atoms with E-state index >= 15 is 0 Å². The normalized spacial score (nSPS) is 23.3. The van der Waals surface area contributed by atoms with E-state index in [9.17, 15) is 4.79 Å². The van der Waals surface area contributed by atoms with Gasteiger partial charge in [0.05, 0.1) is 18.2 Å². The molecular weight excluding hydrogens is 448 g/mol. The summed E-state index contributed by atoms with van der Waals surface area (Å²) in [5.74, 6) is 3.65. The maximum atomic E-state index is 13.6. The summed E-state index contributed by atoms with van der Waals surface area (Å²) in [5, 5.41) is 2.19. The number of likely N-dealkylation sites (tertiary alicyclic amines) is 1. The number of carbonyl (C=O) groups excluding carboxylic acids is 1. The van der Waals surface area contributed by atoms with Crippen LogP contribution in [0.3, 0.4) is 0 Å². The molecule has 3 aliphatic rings. The number of fused-ring (bicyclic) bond motifs is 4. The number of methoxy groups -OCH3 is 1. The molecule has 3 fully saturated rings. The van der Waals surface area contributed by atoms with E-state index in [1.165, 1.54) is 35.7 Å². The van der Waals surface area contributed by atoms with Crippen LogP contribution in [0.4, 0.5) is 0 Å². The number of hydrogen-bond donors (Lipinski definition) is 0. The van der Waals surface area contributed by atoms with Gasteiger partial charge in [-0.15, -0.1) is 0 Å². The highest BCUT2D eigenvalue weighted by molar-refractivity contribution is 6.02. The highest BCUT2D eigenvalue weighted by atomic mass is 16.5. The molecule has 0 radical (unpaired) electrons. The van der Waals surface area contributed by atoms with Crippen molar-refractivity contribution in [1.82, 2.24) is 9.47 Å². The number of piperidine rings is 1. The Morgan fingerprint density at radius 3 is 2.61 bits per heavy atom. The van der Waals surface area contributed by atoms with Crippen LogP contribution in [0.5, 0.6) is 5.75 Å². The molecule has 3 atom stereocenters.